The number of aryl methyl sites for hydroxylation is 1. The van der Waals surface area contributed by atoms with Gasteiger partial charge in [0, 0.05) is 37.9 Å². The van der Waals surface area contributed by atoms with Crippen LogP contribution in [0, 0.1) is 6.92 Å². The molecule has 7 heteroatoms. The molecule has 146 valence electrons. The molecule has 4 rings (SSSR count). The molecule has 1 fully saturated rings. The zero-order chi connectivity index (χ0) is 19.7. The Bertz CT molecular complexity index is 980. The summed E-state index contributed by atoms with van der Waals surface area (Å²) >= 11 is 0. The maximum Gasteiger partial charge on any atom is 0.229 e. The highest BCUT2D eigenvalue weighted by molar-refractivity contribution is 5.84. The van der Waals surface area contributed by atoms with Crippen LogP contribution in [0.3, 0.4) is 0 Å². The first-order valence-electron chi connectivity index (χ1n) is 9.81. The number of rotatable bonds is 5. The standard InChI is InChI=1S/C21H26N6O/c1-14-3-5-16(6-4-14)15(2)21(28)26-11-7-17(13-26)18-19-20(24-10-9-23-19)27(25-18)12-8-22/h3-6,9-10,15,17H,7-8,11-13,22H2,1-2H3/t15-,17+/m1/s1. The van der Waals surface area contributed by atoms with Gasteiger partial charge in [-0.1, -0.05) is 29.8 Å². The second-order valence-corrected chi connectivity index (χ2v) is 7.53. The summed E-state index contributed by atoms with van der Waals surface area (Å²) in [6, 6.07) is 8.20. The van der Waals surface area contributed by atoms with Crippen LogP contribution in [0.25, 0.3) is 11.2 Å². The van der Waals surface area contributed by atoms with Gasteiger partial charge in [-0.15, -0.1) is 0 Å². The van der Waals surface area contributed by atoms with Gasteiger partial charge in [0.2, 0.25) is 5.91 Å². The number of hydrogen-bond donors (Lipinski definition) is 1. The molecule has 2 aromatic heterocycles. The first-order valence-corrected chi connectivity index (χ1v) is 9.81. The van der Waals surface area contributed by atoms with Crippen LogP contribution in [0.5, 0.6) is 0 Å². The second kappa shape index (κ2) is 7.67. The van der Waals surface area contributed by atoms with E-state index in [0.29, 0.717) is 19.6 Å². The number of hydrogen-bond acceptors (Lipinski definition) is 5. The molecule has 0 saturated carbocycles. The quantitative estimate of drug-likeness (QED) is 0.735. The zero-order valence-electron chi connectivity index (χ0n) is 16.4. The van der Waals surface area contributed by atoms with Gasteiger partial charge in [-0.05, 0) is 25.8 Å². The van der Waals surface area contributed by atoms with Crippen molar-refractivity contribution in [2.45, 2.75) is 38.6 Å². The molecular formula is C21H26N6O. The van der Waals surface area contributed by atoms with E-state index in [4.69, 9.17) is 10.8 Å². The minimum atomic E-state index is -0.148. The van der Waals surface area contributed by atoms with E-state index in [0.717, 1.165) is 35.4 Å². The summed E-state index contributed by atoms with van der Waals surface area (Å²) in [4.78, 5) is 23.9. The van der Waals surface area contributed by atoms with Gasteiger partial charge >= 0.3 is 0 Å². The van der Waals surface area contributed by atoms with E-state index in [-0.39, 0.29) is 17.7 Å². The molecule has 1 aromatic carbocycles. The summed E-state index contributed by atoms with van der Waals surface area (Å²) in [6.45, 7) is 6.55. The van der Waals surface area contributed by atoms with Crippen LogP contribution < -0.4 is 5.73 Å². The molecule has 2 atom stereocenters. The largest absolute Gasteiger partial charge is 0.341 e. The van der Waals surface area contributed by atoms with E-state index in [1.165, 1.54) is 5.56 Å². The van der Waals surface area contributed by atoms with Gasteiger partial charge in [0.25, 0.3) is 0 Å². The van der Waals surface area contributed by atoms with Crippen LogP contribution in [0.1, 0.15) is 42.0 Å². The molecule has 0 radical (unpaired) electrons. The molecule has 0 unspecified atom stereocenters. The molecule has 3 heterocycles. The lowest BCUT2D eigenvalue weighted by Gasteiger charge is -2.21. The van der Waals surface area contributed by atoms with Crippen molar-refractivity contribution in [3.63, 3.8) is 0 Å². The van der Waals surface area contributed by atoms with Gasteiger partial charge in [-0.25, -0.2) is 14.6 Å². The van der Waals surface area contributed by atoms with E-state index in [1.54, 1.807) is 12.4 Å². The van der Waals surface area contributed by atoms with Gasteiger partial charge < -0.3 is 10.6 Å². The third kappa shape index (κ3) is 3.38. The highest BCUT2D eigenvalue weighted by atomic mass is 16.2. The predicted octanol–water partition coefficient (Wildman–Crippen LogP) is 2.21. The fourth-order valence-corrected chi connectivity index (χ4v) is 3.93. The fraction of sp³-hybridized carbons (Fsp3) is 0.429. The molecule has 1 saturated heterocycles. The van der Waals surface area contributed by atoms with Crippen molar-refractivity contribution >= 4 is 17.1 Å². The molecular weight excluding hydrogens is 352 g/mol. The Labute approximate surface area is 164 Å². The van der Waals surface area contributed by atoms with E-state index in [1.807, 2.05) is 28.6 Å². The van der Waals surface area contributed by atoms with Crippen molar-refractivity contribution in [2.24, 2.45) is 5.73 Å². The van der Waals surface area contributed by atoms with Crippen molar-refractivity contribution in [2.75, 3.05) is 19.6 Å². The number of fused-ring (bicyclic) bond motifs is 1. The van der Waals surface area contributed by atoms with Crippen molar-refractivity contribution in [1.82, 2.24) is 24.6 Å². The van der Waals surface area contributed by atoms with Crippen LogP contribution in [-0.4, -0.2) is 50.2 Å². The minimum absolute atomic E-state index is 0.148. The molecule has 1 aliphatic heterocycles. The Kier molecular flexibility index (Phi) is 5.09. The van der Waals surface area contributed by atoms with Crippen LogP contribution >= 0.6 is 0 Å². The maximum atomic E-state index is 13.0. The van der Waals surface area contributed by atoms with E-state index < -0.39 is 0 Å². The number of amides is 1. The molecule has 7 nitrogen and oxygen atoms in total. The van der Waals surface area contributed by atoms with E-state index >= 15 is 0 Å². The van der Waals surface area contributed by atoms with Crippen LogP contribution in [0.4, 0.5) is 0 Å². The SMILES string of the molecule is Cc1ccc([C@@H](C)C(=O)N2CC[C@H](c3nn(CCN)c4nccnc34)C2)cc1. The summed E-state index contributed by atoms with van der Waals surface area (Å²) in [6.07, 6.45) is 4.25. The fourth-order valence-electron chi connectivity index (χ4n) is 3.93. The normalized spacial score (nSPS) is 18.0. The highest BCUT2D eigenvalue weighted by Crippen LogP contribution is 2.32. The smallest absolute Gasteiger partial charge is 0.229 e. The average Bonchev–Trinajstić information content (AvgIpc) is 3.33. The van der Waals surface area contributed by atoms with Crippen molar-refractivity contribution in [3.05, 3.63) is 53.5 Å². The van der Waals surface area contributed by atoms with Gasteiger partial charge in [0.15, 0.2) is 5.65 Å². The summed E-state index contributed by atoms with van der Waals surface area (Å²) in [7, 11) is 0. The lowest BCUT2D eigenvalue weighted by atomic mass is 9.98. The first kappa shape index (κ1) is 18.6. The van der Waals surface area contributed by atoms with E-state index in [9.17, 15) is 4.79 Å². The van der Waals surface area contributed by atoms with Crippen molar-refractivity contribution in [1.29, 1.82) is 0 Å². The minimum Gasteiger partial charge on any atom is -0.341 e. The molecule has 3 aromatic rings. The second-order valence-electron chi connectivity index (χ2n) is 7.53. The number of aromatic nitrogens is 4. The highest BCUT2D eigenvalue weighted by Gasteiger charge is 2.33. The monoisotopic (exact) mass is 378 g/mol. The number of nitrogens with zero attached hydrogens (tertiary/aromatic N) is 5. The van der Waals surface area contributed by atoms with Crippen LogP contribution in [0.2, 0.25) is 0 Å². The third-order valence-corrected chi connectivity index (χ3v) is 5.57. The molecule has 1 amide bonds. The molecule has 0 spiro atoms. The molecule has 2 N–H and O–H groups in total. The van der Waals surface area contributed by atoms with Crippen molar-refractivity contribution in [3.8, 4) is 0 Å². The Morgan fingerprint density at radius 1 is 1.25 bits per heavy atom. The topological polar surface area (TPSA) is 89.9 Å². The summed E-state index contributed by atoms with van der Waals surface area (Å²) in [5.41, 5.74) is 10.5. The first-order chi connectivity index (χ1) is 13.6. The molecule has 1 aliphatic rings. The summed E-state index contributed by atoms with van der Waals surface area (Å²) < 4.78 is 1.83. The Morgan fingerprint density at radius 2 is 2.00 bits per heavy atom. The number of nitrogens with two attached hydrogens (primary N) is 1. The molecule has 0 aliphatic carbocycles. The molecule has 28 heavy (non-hydrogen) atoms. The summed E-state index contributed by atoms with van der Waals surface area (Å²) in [5, 5.41) is 4.74. The van der Waals surface area contributed by atoms with Gasteiger partial charge in [0.05, 0.1) is 18.2 Å². The Hall–Kier alpha value is -2.80. The predicted molar refractivity (Wildman–Crippen MR) is 108 cm³/mol. The van der Waals surface area contributed by atoms with Gasteiger partial charge in [-0.3, -0.25) is 4.79 Å². The van der Waals surface area contributed by atoms with Crippen LogP contribution in [-0.2, 0) is 11.3 Å². The average molecular weight is 378 g/mol. The van der Waals surface area contributed by atoms with Gasteiger partial charge in [0.1, 0.15) is 5.52 Å². The van der Waals surface area contributed by atoms with Crippen LogP contribution in [0.15, 0.2) is 36.7 Å². The van der Waals surface area contributed by atoms with Crippen molar-refractivity contribution < 1.29 is 4.79 Å². The van der Waals surface area contributed by atoms with E-state index in [2.05, 4.69) is 29.0 Å². The molecule has 0 bridgehead atoms. The number of likely N-dealkylation sites (tertiary alicyclic amines) is 1. The number of benzene rings is 1. The Balaban J connectivity index is 1.53. The maximum absolute atomic E-state index is 13.0. The lowest BCUT2D eigenvalue weighted by molar-refractivity contribution is -0.131. The Morgan fingerprint density at radius 3 is 2.75 bits per heavy atom. The van der Waals surface area contributed by atoms with Gasteiger partial charge in [-0.2, -0.15) is 5.10 Å². The number of carbonyl (C=O) groups excluding carboxylic acids is 1. The lowest BCUT2D eigenvalue weighted by Crippen LogP contribution is -2.32. The summed E-state index contributed by atoms with van der Waals surface area (Å²) in [5.74, 6) is 0.196. The number of carbonyl (C=O) groups is 1. The zero-order valence-corrected chi connectivity index (χ0v) is 16.4. The third-order valence-electron chi connectivity index (χ3n) is 5.57.